The van der Waals surface area contributed by atoms with Crippen LogP contribution in [0.1, 0.15) is 18.1 Å². The summed E-state index contributed by atoms with van der Waals surface area (Å²) in [5.41, 5.74) is 2.50. The van der Waals surface area contributed by atoms with Crippen molar-refractivity contribution in [3.05, 3.63) is 35.4 Å². The first-order chi connectivity index (χ1) is 5.75. The summed E-state index contributed by atoms with van der Waals surface area (Å²) in [6, 6.07) is 5.56. The lowest BCUT2D eigenvalue weighted by Crippen LogP contribution is -2.02. The molecule has 0 fully saturated rings. The molecule has 1 aliphatic rings. The van der Waals surface area contributed by atoms with Crippen molar-refractivity contribution < 1.29 is 5.11 Å². The number of benzene rings is 1. The number of allylic oxidation sites excluding steroid dienone is 1. The van der Waals surface area contributed by atoms with Crippen LogP contribution < -0.4 is 0 Å². The quantitative estimate of drug-likeness (QED) is 0.618. The van der Waals surface area contributed by atoms with Gasteiger partial charge in [-0.25, -0.2) is 0 Å². The van der Waals surface area contributed by atoms with Crippen molar-refractivity contribution in [1.82, 2.24) is 0 Å². The second-order valence-electron chi connectivity index (χ2n) is 3.42. The Hall–Kier alpha value is -1.24. The molecule has 1 atom stereocenters. The Morgan fingerprint density at radius 2 is 2.25 bits per heavy atom. The van der Waals surface area contributed by atoms with E-state index in [4.69, 9.17) is 0 Å². The fourth-order valence-electron chi connectivity index (χ4n) is 1.61. The second kappa shape index (κ2) is 2.67. The van der Waals surface area contributed by atoms with Crippen molar-refractivity contribution in [2.75, 3.05) is 0 Å². The molecule has 62 valence electrons. The van der Waals surface area contributed by atoms with Gasteiger partial charge in [-0.1, -0.05) is 25.1 Å². The second-order valence-corrected chi connectivity index (χ2v) is 3.42. The number of phenols is 1. The maximum Gasteiger partial charge on any atom is 0.115 e. The Morgan fingerprint density at radius 3 is 3.08 bits per heavy atom. The van der Waals surface area contributed by atoms with Gasteiger partial charge in [0.15, 0.2) is 0 Å². The Morgan fingerprint density at radius 1 is 1.42 bits per heavy atom. The van der Waals surface area contributed by atoms with E-state index in [2.05, 4.69) is 19.1 Å². The van der Waals surface area contributed by atoms with Crippen LogP contribution in [0.15, 0.2) is 24.3 Å². The predicted octanol–water partition coefficient (Wildman–Crippen LogP) is 2.60. The largest absolute Gasteiger partial charge is 0.508 e. The van der Waals surface area contributed by atoms with Crippen molar-refractivity contribution >= 4 is 6.08 Å². The number of hydrogen-bond acceptors (Lipinski definition) is 1. The van der Waals surface area contributed by atoms with Gasteiger partial charge in [0.05, 0.1) is 0 Å². The Bertz CT molecular complexity index is 326. The van der Waals surface area contributed by atoms with Crippen LogP contribution in [-0.4, -0.2) is 5.11 Å². The van der Waals surface area contributed by atoms with E-state index in [-0.39, 0.29) is 0 Å². The maximum absolute atomic E-state index is 9.25. The average molecular weight is 160 g/mol. The minimum absolute atomic E-state index is 0.372. The van der Waals surface area contributed by atoms with Crippen molar-refractivity contribution in [3.8, 4) is 5.75 Å². The number of phenolic OH excluding ortho intramolecular Hbond substituents is 1. The number of rotatable bonds is 0. The summed E-state index contributed by atoms with van der Waals surface area (Å²) in [5.74, 6) is 0.968. The SMILES string of the molecule is CC1C=Cc2ccc(O)cc2C1. The third-order valence-electron chi connectivity index (χ3n) is 2.27. The molecule has 0 radical (unpaired) electrons. The summed E-state index contributed by atoms with van der Waals surface area (Å²) in [6.45, 7) is 2.18. The van der Waals surface area contributed by atoms with E-state index < -0.39 is 0 Å². The van der Waals surface area contributed by atoms with Crippen molar-refractivity contribution in [3.63, 3.8) is 0 Å². The molecular formula is C11H12O. The van der Waals surface area contributed by atoms with Crippen LogP contribution in [0.3, 0.4) is 0 Å². The molecular weight excluding hydrogens is 148 g/mol. The molecule has 2 rings (SSSR count). The summed E-state index contributed by atoms with van der Waals surface area (Å²) in [6.07, 6.45) is 5.38. The molecule has 0 bridgehead atoms. The van der Waals surface area contributed by atoms with E-state index in [1.54, 1.807) is 6.07 Å². The molecule has 0 aromatic heterocycles. The van der Waals surface area contributed by atoms with Gasteiger partial charge in [-0.05, 0) is 35.6 Å². The van der Waals surface area contributed by atoms with Crippen LogP contribution in [0, 0.1) is 5.92 Å². The van der Waals surface area contributed by atoms with Gasteiger partial charge >= 0.3 is 0 Å². The standard InChI is InChI=1S/C11H12O/c1-8-2-3-9-4-5-11(12)7-10(9)6-8/h2-5,7-8,12H,6H2,1H3. The van der Waals surface area contributed by atoms with E-state index >= 15 is 0 Å². The summed E-state index contributed by atoms with van der Waals surface area (Å²) >= 11 is 0. The number of hydrogen-bond donors (Lipinski definition) is 1. The highest BCUT2D eigenvalue weighted by Crippen LogP contribution is 2.25. The molecule has 1 aliphatic carbocycles. The monoisotopic (exact) mass is 160 g/mol. The van der Waals surface area contributed by atoms with E-state index in [1.807, 2.05) is 12.1 Å². The van der Waals surface area contributed by atoms with Crippen LogP contribution in [-0.2, 0) is 6.42 Å². The molecule has 1 N–H and O–H groups in total. The summed E-state index contributed by atoms with van der Waals surface area (Å²) in [4.78, 5) is 0. The number of fused-ring (bicyclic) bond motifs is 1. The molecule has 0 amide bonds. The van der Waals surface area contributed by atoms with Crippen LogP contribution in [0.5, 0.6) is 5.75 Å². The Balaban J connectivity index is 2.47. The highest BCUT2D eigenvalue weighted by Gasteiger charge is 2.09. The highest BCUT2D eigenvalue weighted by molar-refractivity contribution is 5.58. The van der Waals surface area contributed by atoms with E-state index in [0.717, 1.165) is 6.42 Å². The molecule has 0 aliphatic heterocycles. The molecule has 1 aromatic rings. The van der Waals surface area contributed by atoms with Crippen LogP contribution >= 0.6 is 0 Å². The van der Waals surface area contributed by atoms with Gasteiger partial charge in [0.1, 0.15) is 5.75 Å². The van der Waals surface area contributed by atoms with Crippen LogP contribution in [0.25, 0.3) is 6.08 Å². The van der Waals surface area contributed by atoms with Gasteiger partial charge in [0.2, 0.25) is 0 Å². The van der Waals surface area contributed by atoms with Gasteiger partial charge in [-0.3, -0.25) is 0 Å². The normalized spacial score (nSPS) is 20.6. The first-order valence-electron chi connectivity index (χ1n) is 4.26. The molecule has 0 heterocycles. The van der Waals surface area contributed by atoms with Gasteiger partial charge in [0, 0.05) is 0 Å². The predicted molar refractivity (Wildman–Crippen MR) is 50.0 cm³/mol. The maximum atomic E-state index is 9.25. The van der Waals surface area contributed by atoms with Crippen LogP contribution in [0.2, 0.25) is 0 Å². The van der Waals surface area contributed by atoms with Gasteiger partial charge < -0.3 is 5.11 Å². The molecule has 0 saturated carbocycles. The molecule has 0 spiro atoms. The minimum atomic E-state index is 0.372. The third kappa shape index (κ3) is 1.22. The fourth-order valence-corrected chi connectivity index (χ4v) is 1.61. The Kier molecular flexibility index (Phi) is 1.65. The zero-order valence-electron chi connectivity index (χ0n) is 7.12. The summed E-state index contributed by atoms with van der Waals surface area (Å²) in [5, 5.41) is 9.25. The third-order valence-corrected chi connectivity index (χ3v) is 2.27. The molecule has 1 nitrogen and oxygen atoms in total. The highest BCUT2D eigenvalue weighted by atomic mass is 16.3. The first kappa shape index (κ1) is 7.41. The average Bonchev–Trinajstić information content (AvgIpc) is 2.03. The van der Waals surface area contributed by atoms with Crippen molar-refractivity contribution in [2.45, 2.75) is 13.3 Å². The van der Waals surface area contributed by atoms with Gasteiger partial charge in [0.25, 0.3) is 0 Å². The molecule has 1 unspecified atom stereocenters. The van der Waals surface area contributed by atoms with Gasteiger partial charge in [-0.2, -0.15) is 0 Å². The lowest BCUT2D eigenvalue weighted by Gasteiger charge is -2.15. The summed E-state index contributed by atoms with van der Waals surface area (Å²) in [7, 11) is 0. The smallest absolute Gasteiger partial charge is 0.115 e. The zero-order valence-corrected chi connectivity index (χ0v) is 7.12. The molecule has 1 aromatic carbocycles. The lowest BCUT2D eigenvalue weighted by atomic mass is 9.91. The van der Waals surface area contributed by atoms with E-state index in [9.17, 15) is 5.11 Å². The van der Waals surface area contributed by atoms with E-state index in [0.29, 0.717) is 11.7 Å². The number of aromatic hydroxyl groups is 1. The minimum Gasteiger partial charge on any atom is -0.508 e. The van der Waals surface area contributed by atoms with Crippen LogP contribution in [0.4, 0.5) is 0 Å². The van der Waals surface area contributed by atoms with Gasteiger partial charge in [-0.15, -0.1) is 0 Å². The van der Waals surface area contributed by atoms with E-state index in [1.165, 1.54) is 11.1 Å². The van der Waals surface area contributed by atoms with Crippen molar-refractivity contribution in [1.29, 1.82) is 0 Å². The first-order valence-corrected chi connectivity index (χ1v) is 4.26. The zero-order chi connectivity index (χ0) is 8.55. The Labute approximate surface area is 72.4 Å². The van der Waals surface area contributed by atoms with Crippen molar-refractivity contribution in [2.24, 2.45) is 5.92 Å². The fraction of sp³-hybridized carbons (Fsp3) is 0.273. The molecule has 1 heteroatoms. The molecule has 0 saturated heterocycles. The topological polar surface area (TPSA) is 20.2 Å². The molecule has 12 heavy (non-hydrogen) atoms. The summed E-state index contributed by atoms with van der Waals surface area (Å²) < 4.78 is 0. The lowest BCUT2D eigenvalue weighted by molar-refractivity contribution is 0.474.